The first-order chi connectivity index (χ1) is 9.08. The first-order valence-corrected chi connectivity index (χ1v) is 6.62. The summed E-state index contributed by atoms with van der Waals surface area (Å²) in [5, 5.41) is 4.60. The lowest BCUT2D eigenvalue weighted by molar-refractivity contribution is 0.390. The number of aromatic nitrogens is 1. The highest BCUT2D eigenvalue weighted by Gasteiger charge is 2.09. The minimum Gasteiger partial charge on any atom is -0.396 e. The standard InChI is InChI=1S/C15H22N4/c1-11(8-9-19(2)3)18-15-12-6-4-5-7-14(12)17-10-13(15)16/h4-7,10-11H,8-9,16H2,1-3H3,(H,17,18). The molecule has 0 aliphatic rings. The average Bonchev–Trinajstić information content (AvgIpc) is 2.40. The monoisotopic (exact) mass is 258 g/mol. The van der Waals surface area contributed by atoms with Crippen molar-refractivity contribution in [3.63, 3.8) is 0 Å². The number of anilines is 2. The molecule has 0 fully saturated rings. The van der Waals surface area contributed by atoms with Crippen molar-refractivity contribution in [2.24, 2.45) is 0 Å². The predicted molar refractivity (Wildman–Crippen MR) is 82.4 cm³/mol. The fourth-order valence-electron chi connectivity index (χ4n) is 2.09. The van der Waals surface area contributed by atoms with Crippen LogP contribution in [0.3, 0.4) is 0 Å². The van der Waals surface area contributed by atoms with Crippen LogP contribution < -0.4 is 11.1 Å². The Balaban J connectivity index is 2.21. The van der Waals surface area contributed by atoms with Crippen molar-refractivity contribution in [2.75, 3.05) is 31.7 Å². The van der Waals surface area contributed by atoms with Crippen molar-refractivity contribution in [1.29, 1.82) is 0 Å². The van der Waals surface area contributed by atoms with E-state index in [9.17, 15) is 0 Å². The molecule has 0 saturated heterocycles. The summed E-state index contributed by atoms with van der Waals surface area (Å²) in [5.74, 6) is 0. The summed E-state index contributed by atoms with van der Waals surface area (Å²) in [6.45, 7) is 3.23. The highest BCUT2D eigenvalue weighted by atomic mass is 15.1. The Morgan fingerprint density at radius 1 is 1.32 bits per heavy atom. The second-order valence-electron chi connectivity index (χ2n) is 5.24. The first-order valence-electron chi connectivity index (χ1n) is 6.62. The Bertz CT molecular complexity index is 551. The Morgan fingerprint density at radius 2 is 2.05 bits per heavy atom. The minimum absolute atomic E-state index is 0.371. The second-order valence-corrected chi connectivity index (χ2v) is 5.24. The molecule has 4 nitrogen and oxygen atoms in total. The van der Waals surface area contributed by atoms with E-state index in [0.717, 1.165) is 29.6 Å². The molecular weight excluding hydrogens is 236 g/mol. The number of hydrogen-bond acceptors (Lipinski definition) is 4. The lowest BCUT2D eigenvalue weighted by Crippen LogP contribution is -2.23. The highest BCUT2D eigenvalue weighted by molar-refractivity contribution is 5.96. The van der Waals surface area contributed by atoms with Gasteiger partial charge in [0.05, 0.1) is 23.1 Å². The molecule has 0 radical (unpaired) electrons. The number of nitrogens with one attached hydrogen (secondary N) is 1. The van der Waals surface area contributed by atoms with Crippen LogP contribution in [0.4, 0.5) is 11.4 Å². The van der Waals surface area contributed by atoms with Gasteiger partial charge in [0.25, 0.3) is 0 Å². The van der Waals surface area contributed by atoms with Crippen LogP contribution in [0.5, 0.6) is 0 Å². The third-order valence-corrected chi connectivity index (χ3v) is 3.20. The van der Waals surface area contributed by atoms with Gasteiger partial charge in [-0.3, -0.25) is 4.98 Å². The van der Waals surface area contributed by atoms with E-state index in [1.54, 1.807) is 6.20 Å². The number of nitrogens with two attached hydrogens (primary N) is 1. The summed E-state index contributed by atoms with van der Waals surface area (Å²) in [5.41, 5.74) is 8.73. The molecule has 1 atom stereocenters. The molecule has 3 N–H and O–H groups in total. The molecule has 19 heavy (non-hydrogen) atoms. The predicted octanol–water partition coefficient (Wildman–Crippen LogP) is 2.57. The maximum Gasteiger partial charge on any atom is 0.0743 e. The fourth-order valence-corrected chi connectivity index (χ4v) is 2.09. The molecule has 2 aromatic rings. The van der Waals surface area contributed by atoms with E-state index in [4.69, 9.17) is 5.73 Å². The molecule has 0 aliphatic heterocycles. The fraction of sp³-hybridized carbons (Fsp3) is 0.400. The van der Waals surface area contributed by atoms with Crippen molar-refractivity contribution in [1.82, 2.24) is 9.88 Å². The Kier molecular flexibility index (Phi) is 4.22. The maximum atomic E-state index is 6.06. The molecule has 2 rings (SSSR count). The lowest BCUT2D eigenvalue weighted by Gasteiger charge is -2.20. The van der Waals surface area contributed by atoms with E-state index in [1.165, 1.54) is 0 Å². The van der Waals surface area contributed by atoms with Gasteiger partial charge in [0.15, 0.2) is 0 Å². The van der Waals surface area contributed by atoms with Gasteiger partial charge < -0.3 is 16.0 Å². The molecule has 4 heteroatoms. The number of nitrogen functional groups attached to an aromatic ring is 1. The molecule has 102 valence electrons. The van der Waals surface area contributed by atoms with Crippen LogP contribution in [0.2, 0.25) is 0 Å². The number of hydrogen-bond donors (Lipinski definition) is 2. The first kappa shape index (κ1) is 13.6. The molecule has 1 aromatic heterocycles. The molecule has 0 aliphatic carbocycles. The van der Waals surface area contributed by atoms with Gasteiger partial charge in [-0.1, -0.05) is 18.2 Å². The summed E-state index contributed by atoms with van der Waals surface area (Å²) < 4.78 is 0. The van der Waals surface area contributed by atoms with Gasteiger partial charge >= 0.3 is 0 Å². The molecule has 1 unspecified atom stereocenters. The van der Waals surface area contributed by atoms with Crippen molar-refractivity contribution >= 4 is 22.3 Å². The number of fused-ring (bicyclic) bond motifs is 1. The number of benzene rings is 1. The smallest absolute Gasteiger partial charge is 0.0743 e. The lowest BCUT2D eigenvalue weighted by atomic mass is 10.1. The largest absolute Gasteiger partial charge is 0.396 e. The van der Waals surface area contributed by atoms with Crippen LogP contribution in [0.1, 0.15) is 13.3 Å². The average molecular weight is 258 g/mol. The molecule has 0 saturated carbocycles. The van der Waals surface area contributed by atoms with Crippen LogP contribution in [-0.2, 0) is 0 Å². The molecule has 1 heterocycles. The number of para-hydroxylation sites is 1. The van der Waals surface area contributed by atoms with Crippen molar-refractivity contribution in [3.8, 4) is 0 Å². The van der Waals surface area contributed by atoms with E-state index in [-0.39, 0.29) is 0 Å². The van der Waals surface area contributed by atoms with Crippen LogP contribution in [0.25, 0.3) is 10.9 Å². The van der Waals surface area contributed by atoms with E-state index in [1.807, 2.05) is 18.2 Å². The Hall–Kier alpha value is -1.81. The normalized spacial score (nSPS) is 12.8. The minimum atomic E-state index is 0.371. The zero-order valence-corrected chi connectivity index (χ0v) is 11.9. The van der Waals surface area contributed by atoms with Crippen LogP contribution in [-0.4, -0.2) is 36.6 Å². The number of rotatable bonds is 5. The maximum absolute atomic E-state index is 6.06. The number of pyridine rings is 1. The van der Waals surface area contributed by atoms with Crippen LogP contribution in [0.15, 0.2) is 30.5 Å². The zero-order chi connectivity index (χ0) is 13.8. The van der Waals surface area contributed by atoms with Crippen LogP contribution in [0, 0.1) is 0 Å². The third-order valence-electron chi connectivity index (χ3n) is 3.20. The van der Waals surface area contributed by atoms with Crippen molar-refractivity contribution in [3.05, 3.63) is 30.5 Å². The topological polar surface area (TPSA) is 54.2 Å². The van der Waals surface area contributed by atoms with Gasteiger partial charge in [-0.25, -0.2) is 0 Å². The molecule has 1 aromatic carbocycles. The van der Waals surface area contributed by atoms with Crippen molar-refractivity contribution < 1.29 is 0 Å². The van der Waals surface area contributed by atoms with Crippen molar-refractivity contribution in [2.45, 2.75) is 19.4 Å². The SMILES string of the molecule is CC(CCN(C)C)Nc1c(N)cnc2ccccc12. The molecule has 0 bridgehead atoms. The summed E-state index contributed by atoms with van der Waals surface area (Å²) >= 11 is 0. The van der Waals surface area contributed by atoms with Gasteiger partial charge in [0, 0.05) is 11.4 Å². The van der Waals surface area contributed by atoms with Gasteiger partial charge in [-0.2, -0.15) is 0 Å². The molecular formula is C15H22N4. The number of nitrogens with zero attached hydrogens (tertiary/aromatic N) is 2. The highest BCUT2D eigenvalue weighted by Crippen LogP contribution is 2.28. The second kappa shape index (κ2) is 5.89. The Labute approximate surface area is 114 Å². The molecule has 0 spiro atoms. The van der Waals surface area contributed by atoms with E-state index in [2.05, 4.69) is 42.3 Å². The summed E-state index contributed by atoms with van der Waals surface area (Å²) in [6, 6.07) is 8.43. The van der Waals surface area contributed by atoms with Gasteiger partial charge in [-0.05, 0) is 40.1 Å². The van der Waals surface area contributed by atoms with Gasteiger partial charge in [0.1, 0.15) is 0 Å². The Morgan fingerprint density at radius 3 is 2.79 bits per heavy atom. The van der Waals surface area contributed by atoms with Crippen LogP contribution >= 0.6 is 0 Å². The summed E-state index contributed by atoms with van der Waals surface area (Å²) in [4.78, 5) is 6.54. The quantitative estimate of drug-likeness (QED) is 0.865. The third kappa shape index (κ3) is 3.35. The van der Waals surface area contributed by atoms with E-state index in [0.29, 0.717) is 11.7 Å². The van der Waals surface area contributed by atoms with E-state index < -0.39 is 0 Å². The molecule has 0 amide bonds. The summed E-state index contributed by atoms with van der Waals surface area (Å²) in [6.07, 6.45) is 2.80. The van der Waals surface area contributed by atoms with Gasteiger partial charge in [-0.15, -0.1) is 0 Å². The zero-order valence-electron chi connectivity index (χ0n) is 11.9. The summed E-state index contributed by atoms with van der Waals surface area (Å²) in [7, 11) is 4.17. The van der Waals surface area contributed by atoms with E-state index >= 15 is 0 Å². The van der Waals surface area contributed by atoms with Gasteiger partial charge in [0.2, 0.25) is 0 Å².